The van der Waals surface area contributed by atoms with E-state index in [1.54, 1.807) is 24.3 Å². The van der Waals surface area contributed by atoms with Crippen molar-refractivity contribution in [2.45, 2.75) is 10.5 Å². The Morgan fingerprint density at radius 1 is 1.10 bits per heavy atom. The Balaban J connectivity index is 1.56. The first-order chi connectivity index (χ1) is 14.8. The van der Waals surface area contributed by atoms with E-state index in [0.29, 0.717) is 15.8 Å². The topological polar surface area (TPSA) is 93.2 Å². The third-order valence-corrected chi connectivity index (χ3v) is 5.76. The van der Waals surface area contributed by atoms with Gasteiger partial charge in [-0.2, -0.15) is 13.2 Å². The lowest BCUT2D eigenvalue weighted by atomic mass is 10.1. The molecule has 0 saturated carbocycles. The molecule has 12 heteroatoms. The van der Waals surface area contributed by atoms with Crippen molar-refractivity contribution in [3.8, 4) is 5.75 Å². The SMILES string of the molecule is COc1ccccc1NC(=O)CSc1nnc(NC(=O)c2cccc(C(F)(F)F)c2)s1. The van der Waals surface area contributed by atoms with E-state index in [0.717, 1.165) is 41.3 Å². The molecule has 0 saturated heterocycles. The fraction of sp³-hybridized carbons (Fsp3) is 0.158. The third-order valence-electron chi connectivity index (χ3n) is 3.79. The predicted molar refractivity (Wildman–Crippen MR) is 112 cm³/mol. The normalized spacial score (nSPS) is 11.1. The van der Waals surface area contributed by atoms with Gasteiger partial charge < -0.3 is 10.1 Å². The van der Waals surface area contributed by atoms with Gasteiger partial charge in [0.25, 0.3) is 5.91 Å². The monoisotopic (exact) mass is 468 g/mol. The van der Waals surface area contributed by atoms with Crippen molar-refractivity contribution in [2.24, 2.45) is 0 Å². The molecule has 3 rings (SSSR count). The van der Waals surface area contributed by atoms with Crippen molar-refractivity contribution < 1.29 is 27.5 Å². The van der Waals surface area contributed by atoms with Crippen LogP contribution in [0.1, 0.15) is 15.9 Å². The number of anilines is 2. The van der Waals surface area contributed by atoms with Gasteiger partial charge in [0.05, 0.1) is 24.1 Å². The fourth-order valence-electron chi connectivity index (χ4n) is 2.39. The van der Waals surface area contributed by atoms with Crippen LogP contribution < -0.4 is 15.4 Å². The van der Waals surface area contributed by atoms with Crippen molar-refractivity contribution in [2.75, 3.05) is 23.5 Å². The molecule has 2 N–H and O–H groups in total. The van der Waals surface area contributed by atoms with Crippen LogP contribution in [0, 0.1) is 0 Å². The molecule has 0 spiro atoms. The van der Waals surface area contributed by atoms with Gasteiger partial charge in [-0.15, -0.1) is 10.2 Å². The number of amides is 2. The maximum Gasteiger partial charge on any atom is 0.416 e. The first-order valence-corrected chi connectivity index (χ1v) is 10.4. The van der Waals surface area contributed by atoms with E-state index in [2.05, 4.69) is 20.8 Å². The second-order valence-corrected chi connectivity index (χ2v) is 8.14. The zero-order chi connectivity index (χ0) is 22.4. The summed E-state index contributed by atoms with van der Waals surface area (Å²) < 4.78 is 44.0. The highest BCUT2D eigenvalue weighted by atomic mass is 32.2. The lowest BCUT2D eigenvalue weighted by Gasteiger charge is -2.09. The van der Waals surface area contributed by atoms with Crippen LogP contribution in [0.2, 0.25) is 0 Å². The van der Waals surface area contributed by atoms with Crippen molar-refractivity contribution >= 4 is 45.7 Å². The third kappa shape index (κ3) is 6.18. The molecule has 2 aromatic carbocycles. The Morgan fingerprint density at radius 2 is 1.87 bits per heavy atom. The minimum atomic E-state index is -4.55. The second-order valence-electron chi connectivity index (χ2n) is 5.94. The summed E-state index contributed by atoms with van der Waals surface area (Å²) in [6.07, 6.45) is -4.55. The average Bonchev–Trinajstić information content (AvgIpc) is 3.19. The van der Waals surface area contributed by atoms with E-state index in [1.807, 2.05) is 0 Å². The van der Waals surface area contributed by atoms with Gasteiger partial charge >= 0.3 is 6.18 Å². The number of hydrogen-bond donors (Lipinski definition) is 2. The number of ether oxygens (including phenoxy) is 1. The molecule has 162 valence electrons. The molecule has 1 heterocycles. The van der Waals surface area contributed by atoms with E-state index in [-0.39, 0.29) is 22.4 Å². The van der Waals surface area contributed by atoms with Crippen LogP contribution in [0.4, 0.5) is 24.0 Å². The standard InChI is InChI=1S/C19H15F3N4O3S2/c1-29-14-8-3-2-7-13(14)23-15(27)10-30-18-26-25-17(31-18)24-16(28)11-5-4-6-12(9-11)19(20,21)22/h2-9H,10H2,1H3,(H,23,27)(H,24,25,28). The van der Waals surface area contributed by atoms with E-state index >= 15 is 0 Å². The molecule has 0 aliphatic rings. The number of para-hydroxylation sites is 2. The lowest BCUT2D eigenvalue weighted by Crippen LogP contribution is -2.14. The highest BCUT2D eigenvalue weighted by Gasteiger charge is 2.31. The first-order valence-electron chi connectivity index (χ1n) is 8.64. The lowest BCUT2D eigenvalue weighted by molar-refractivity contribution is -0.137. The molecule has 0 atom stereocenters. The quantitative estimate of drug-likeness (QED) is 0.390. The van der Waals surface area contributed by atoms with Crippen LogP contribution in [0.15, 0.2) is 52.9 Å². The molecule has 0 aliphatic carbocycles. The number of halogens is 3. The van der Waals surface area contributed by atoms with Crippen LogP contribution in [0.3, 0.4) is 0 Å². The molecule has 1 aromatic heterocycles. The highest BCUT2D eigenvalue weighted by molar-refractivity contribution is 8.01. The highest BCUT2D eigenvalue weighted by Crippen LogP contribution is 2.30. The van der Waals surface area contributed by atoms with E-state index in [4.69, 9.17) is 4.74 Å². The van der Waals surface area contributed by atoms with Gasteiger partial charge in [0.1, 0.15) is 5.75 Å². The van der Waals surface area contributed by atoms with Crippen LogP contribution in [0.25, 0.3) is 0 Å². The Hall–Kier alpha value is -3.12. The summed E-state index contributed by atoms with van der Waals surface area (Å²) in [5.74, 6) is -0.475. The van der Waals surface area contributed by atoms with Gasteiger partial charge in [-0.1, -0.05) is 41.3 Å². The Labute approximate surface area is 183 Å². The number of nitrogens with zero attached hydrogens (tertiary/aromatic N) is 2. The Morgan fingerprint density at radius 3 is 2.61 bits per heavy atom. The molecule has 0 fully saturated rings. The van der Waals surface area contributed by atoms with E-state index in [1.165, 1.54) is 13.2 Å². The summed E-state index contributed by atoms with van der Waals surface area (Å²) >= 11 is 2.11. The number of aromatic nitrogens is 2. The van der Waals surface area contributed by atoms with Crippen molar-refractivity contribution in [1.29, 1.82) is 0 Å². The molecule has 31 heavy (non-hydrogen) atoms. The Bertz CT molecular complexity index is 1090. The van der Waals surface area contributed by atoms with Crippen LogP contribution >= 0.6 is 23.1 Å². The number of rotatable bonds is 7. The van der Waals surface area contributed by atoms with Crippen molar-refractivity contribution in [1.82, 2.24) is 10.2 Å². The number of nitrogens with one attached hydrogen (secondary N) is 2. The number of thioether (sulfide) groups is 1. The van der Waals surface area contributed by atoms with Gasteiger partial charge in [-0.05, 0) is 30.3 Å². The number of carbonyl (C=O) groups is 2. The molecule has 0 unspecified atom stereocenters. The molecular formula is C19H15F3N4O3S2. The smallest absolute Gasteiger partial charge is 0.416 e. The molecule has 0 aliphatic heterocycles. The zero-order valence-corrected chi connectivity index (χ0v) is 17.5. The number of hydrogen-bond acceptors (Lipinski definition) is 7. The van der Waals surface area contributed by atoms with Crippen molar-refractivity contribution in [3.05, 3.63) is 59.7 Å². The number of methoxy groups -OCH3 is 1. The maximum atomic E-state index is 12.8. The molecule has 0 radical (unpaired) electrons. The maximum absolute atomic E-state index is 12.8. The van der Waals surface area contributed by atoms with E-state index < -0.39 is 17.6 Å². The first kappa shape index (κ1) is 22.6. The molecular weight excluding hydrogens is 453 g/mol. The van der Waals surface area contributed by atoms with Crippen LogP contribution in [-0.2, 0) is 11.0 Å². The van der Waals surface area contributed by atoms with E-state index in [9.17, 15) is 22.8 Å². The van der Waals surface area contributed by atoms with Gasteiger partial charge in [0, 0.05) is 5.56 Å². The Kier molecular flexibility index (Phi) is 7.13. The number of benzene rings is 2. The zero-order valence-electron chi connectivity index (χ0n) is 15.9. The number of carbonyl (C=O) groups excluding carboxylic acids is 2. The minimum Gasteiger partial charge on any atom is -0.495 e. The summed E-state index contributed by atoms with van der Waals surface area (Å²) in [5.41, 5.74) is -0.549. The van der Waals surface area contributed by atoms with Gasteiger partial charge in [-0.25, -0.2) is 0 Å². The summed E-state index contributed by atoms with van der Waals surface area (Å²) in [7, 11) is 1.50. The van der Waals surface area contributed by atoms with Gasteiger partial charge in [0.2, 0.25) is 11.0 Å². The predicted octanol–water partition coefficient (Wildman–Crippen LogP) is 4.55. The minimum absolute atomic E-state index is 0.0360. The second kappa shape index (κ2) is 9.79. The average molecular weight is 468 g/mol. The summed E-state index contributed by atoms with van der Waals surface area (Å²) in [4.78, 5) is 24.4. The van der Waals surface area contributed by atoms with Crippen LogP contribution in [-0.4, -0.2) is 34.9 Å². The summed E-state index contributed by atoms with van der Waals surface area (Å²) in [5, 5.41) is 12.9. The van der Waals surface area contributed by atoms with Crippen LogP contribution in [0.5, 0.6) is 5.75 Å². The van der Waals surface area contributed by atoms with Gasteiger partial charge in [0.15, 0.2) is 4.34 Å². The largest absolute Gasteiger partial charge is 0.495 e. The molecule has 7 nitrogen and oxygen atoms in total. The fourth-order valence-corrected chi connectivity index (χ4v) is 3.93. The van der Waals surface area contributed by atoms with Crippen molar-refractivity contribution in [3.63, 3.8) is 0 Å². The summed E-state index contributed by atoms with van der Waals surface area (Å²) in [6.45, 7) is 0. The van der Waals surface area contributed by atoms with Gasteiger partial charge in [-0.3, -0.25) is 14.9 Å². The number of alkyl halides is 3. The molecule has 2 amide bonds. The molecule has 3 aromatic rings. The summed E-state index contributed by atoms with van der Waals surface area (Å²) in [6, 6.07) is 11.0. The molecule has 0 bridgehead atoms.